The second kappa shape index (κ2) is 7.95. The topological polar surface area (TPSA) is 97.1 Å². The summed E-state index contributed by atoms with van der Waals surface area (Å²) in [5.74, 6) is -0.544. The van der Waals surface area contributed by atoms with Crippen molar-refractivity contribution in [2.75, 3.05) is 0 Å². The van der Waals surface area contributed by atoms with Crippen LogP contribution in [0.3, 0.4) is 0 Å². The van der Waals surface area contributed by atoms with Crippen LogP contribution >= 0.6 is 12.4 Å². The van der Waals surface area contributed by atoms with Gasteiger partial charge in [-0.05, 0) is 39.8 Å². The molecule has 2 amide bonds. The van der Waals surface area contributed by atoms with Crippen LogP contribution in [0.4, 0.5) is 0 Å². The molecule has 0 aliphatic rings. The van der Waals surface area contributed by atoms with Crippen LogP contribution in [0.5, 0.6) is 0 Å². The minimum Gasteiger partial charge on any atom is -0.350 e. The van der Waals surface area contributed by atoms with Crippen molar-refractivity contribution in [1.82, 2.24) is 15.6 Å². The van der Waals surface area contributed by atoms with E-state index in [1.54, 1.807) is 19.1 Å². The first-order chi connectivity index (χ1) is 9.23. The third kappa shape index (κ3) is 6.55. The second-order valence-corrected chi connectivity index (χ2v) is 5.67. The van der Waals surface area contributed by atoms with Gasteiger partial charge in [-0.2, -0.15) is 0 Å². The summed E-state index contributed by atoms with van der Waals surface area (Å²) in [6, 6.07) is 2.59. The summed E-state index contributed by atoms with van der Waals surface area (Å²) in [4.78, 5) is 27.9. The van der Waals surface area contributed by atoms with Crippen molar-refractivity contribution in [3.8, 4) is 0 Å². The molecule has 1 aromatic heterocycles. The number of carbonyl (C=O) groups is 2. The highest BCUT2D eigenvalue weighted by Gasteiger charge is 2.21. The fraction of sp³-hybridized carbons (Fsp3) is 0.500. The number of nitrogens with one attached hydrogen (secondary N) is 2. The molecule has 4 N–H and O–H groups in total. The molecule has 1 atom stereocenters. The molecule has 0 saturated carbocycles. The van der Waals surface area contributed by atoms with Crippen molar-refractivity contribution in [2.24, 2.45) is 5.73 Å². The summed E-state index contributed by atoms with van der Waals surface area (Å²) in [6.45, 7) is 7.56. The Labute approximate surface area is 131 Å². The van der Waals surface area contributed by atoms with Crippen LogP contribution < -0.4 is 16.4 Å². The van der Waals surface area contributed by atoms with Crippen LogP contribution in [0.2, 0.25) is 0 Å². The molecule has 21 heavy (non-hydrogen) atoms. The van der Waals surface area contributed by atoms with E-state index in [0.717, 1.165) is 0 Å². The van der Waals surface area contributed by atoms with Gasteiger partial charge in [-0.3, -0.25) is 14.6 Å². The van der Waals surface area contributed by atoms with Gasteiger partial charge in [0.05, 0.1) is 5.69 Å². The quantitative estimate of drug-likeness (QED) is 0.772. The van der Waals surface area contributed by atoms with E-state index in [4.69, 9.17) is 5.73 Å². The van der Waals surface area contributed by atoms with E-state index in [2.05, 4.69) is 15.6 Å². The molecule has 7 heteroatoms. The lowest BCUT2D eigenvalue weighted by Gasteiger charge is -2.23. The van der Waals surface area contributed by atoms with Crippen LogP contribution in [0, 0.1) is 0 Å². The Balaban J connectivity index is 0.00000400. The van der Waals surface area contributed by atoms with Crippen LogP contribution in [-0.2, 0) is 11.3 Å². The van der Waals surface area contributed by atoms with Gasteiger partial charge in [-0.1, -0.05) is 0 Å². The van der Waals surface area contributed by atoms with Crippen molar-refractivity contribution in [3.05, 3.63) is 29.6 Å². The average Bonchev–Trinajstić information content (AvgIpc) is 2.36. The molecule has 0 radical (unpaired) electrons. The minimum absolute atomic E-state index is 0. The van der Waals surface area contributed by atoms with Crippen molar-refractivity contribution < 1.29 is 9.59 Å². The molecule has 1 rings (SSSR count). The highest BCUT2D eigenvalue weighted by molar-refractivity contribution is 5.97. The maximum atomic E-state index is 12.0. The van der Waals surface area contributed by atoms with E-state index < -0.39 is 6.04 Å². The molecule has 0 aromatic carbocycles. The van der Waals surface area contributed by atoms with E-state index in [1.165, 1.54) is 6.20 Å². The number of nitrogens with zero attached hydrogens (tertiary/aromatic N) is 1. The predicted molar refractivity (Wildman–Crippen MR) is 84.2 cm³/mol. The lowest BCUT2D eigenvalue weighted by molar-refractivity contribution is -0.124. The van der Waals surface area contributed by atoms with E-state index >= 15 is 0 Å². The first-order valence-electron chi connectivity index (χ1n) is 6.51. The number of pyridine rings is 1. The van der Waals surface area contributed by atoms with Crippen LogP contribution in [-0.4, -0.2) is 28.4 Å². The Bertz CT molecular complexity index is 500. The molecule has 1 aromatic rings. The molecular weight excluding hydrogens is 292 g/mol. The number of carbonyl (C=O) groups excluding carboxylic acids is 2. The van der Waals surface area contributed by atoms with E-state index in [1.807, 2.05) is 20.8 Å². The zero-order valence-corrected chi connectivity index (χ0v) is 13.6. The molecule has 118 valence electrons. The maximum Gasteiger partial charge on any atom is 0.252 e. The largest absolute Gasteiger partial charge is 0.350 e. The number of nitrogens with two attached hydrogens (primary N) is 1. The highest BCUT2D eigenvalue weighted by atomic mass is 35.5. The average molecular weight is 315 g/mol. The molecule has 0 bridgehead atoms. The van der Waals surface area contributed by atoms with Gasteiger partial charge in [0.1, 0.15) is 6.04 Å². The standard InChI is InChI=1S/C14H22N4O2.ClH/c1-9(12(19)18-14(2,3)4)17-13(20)10-5-6-16-11(7-10)8-15;/h5-7,9H,8,15H2,1-4H3,(H,17,20)(H,18,19);1H. The number of hydrogen-bond donors (Lipinski definition) is 3. The summed E-state index contributed by atoms with van der Waals surface area (Å²) in [6.07, 6.45) is 1.52. The van der Waals surface area contributed by atoms with Crippen molar-refractivity contribution in [3.63, 3.8) is 0 Å². The maximum absolute atomic E-state index is 12.0. The van der Waals surface area contributed by atoms with E-state index in [0.29, 0.717) is 11.3 Å². The fourth-order valence-electron chi connectivity index (χ4n) is 1.55. The van der Waals surface area contributed by atoms with Crippen LogP contribution in [0.25, 0.3) is 0 Å². The van der Waals surface area contributed by atoms with Crippen molar-refractivity contribution in [2.45, 2.75) is 45.8 Å². The number of rotatable bonds is 4. The minimum atomic E-state index is -0.615. The Morgan fingerprint density at radius 3 is 2.52 bits per heavy atom. The molecule has 0 saturated heterocycles. The summed E-state index contributed by atoms with van der Waals surface area (Å²) in [5, 5.41) is 5.46. The van der Waals surface area contributed by atoms with E-state index in [9.17, 15) is 9.59 Å². The zero-order chi connectivity index (χ0) is 15.3. The molecule has 0 aliphatic carbocycles. The third-order valence-electron chi connectivity index (χ3n) is 2.53. The molecule has 1 unspecified atom stereocenters. The number of aromatic nitrogens is 1. The van der Waals surface area contributed by atoms with Gasteiger partial charge in [0.15, 0.2) is 0 Å². The molecule has 0 aliphatic heterocycles. The van der Waals surface area contributed by atoms with Crippen LogP contribution in [0.1, 0.15) is 43.7 Å². The molecule has 6 nitrogen and oxygen atoms in total. The van der Waals surface area contributed by atoms with Crippen molar-refractivity contribution >= 4 is 24.2 Å². The second-order valence-electron chi connectivity index (χ2n) is 5.67. The molecule has 1 heterocycles. The fourth-order valence-corrected chi connectivity index (χ4v) is 1.55. The van der Waals surface area contributed by atoms with Crippen LogP contribution in [0.15, 0.2) is 18.3 Å². The first kappa shape index (κ1) is 19.3. The summed E-state index contributed by atoms with van der Waals surface area (Å²) in [7, 11) is 0. The monoisotopic (exact) mass is 314 g/mol. The number of hydrogen-bond acceptors (Lipinski definition) is 4. The number of halogens is 1. The zero-order valence-electron chi connectivity index (χ0n) is 12.8. The smallest absolute Gasteiger partial charge is 0.252 e. The molecule has 0 fully saturated rings. The van der Waals surface area contributed by atoms with Gasteiger partial charge < -0.3 is 16.4 Å². The van der Waals surface area contributed by atoms with Gasteiger partial charge in [-0.25, -0.2) is 0 Å². The molecular formula is C14H23ClN4O2. The Hall–Kier alpha value is -1.66. The Morgan fingerprint density at radius 2 is 2.00 bits per heavy atom. The normalized spacial score (nSPS) is 12.0. The summed E-state index contributed by atoms with van der Waals surface area (Å²) in [5.41, 5.74) is 6.22. The Morgan fingerprint density at radius 1 is 1.38 bits per heavy atom. The molecule has 0 spiro atoms. The number of amides is 2. The summed E-state index contributed by atoms with van der Waals surface area (Å²) < 4.78 is 0. The SMILES string of the molecule is CC(NC(=O)c1ccnc(CN)c1)C(=O)NC(C)(C)C.Cl. The lowest BCUT2D eigenvalue weighted by atomic mass is 10.1. The van der Waals surface area contributed by atoms with Gasteiger partial charge in [0.2, 0.25) is 5.91 Å². The first-order valence-corrected chi connectivity index (χ1v) is 6.51. The van der Waals surface area contributed by atoms with Gasteiger partial charge in [-0.15, -0.1) is 12.4 Å². The van der Waals surface area contributed by atoms with E-state index in [-0.39, 0.29) is 36.3 Å². The summed E-state index contributed by atoms with van der Waals surface area (Å²) >= 11 is 0. The predicted octanol–water partition coefficient (Wildman–Crippen LogP) is 0.995. The highest BCUT2D eigenvalue weighted by Crippen LogP contribution is 2.03. The van der Waals surface area contributed by atoms with Gasteiger partial charge in [0.25, 0.3) is 5.91 Å². The third-order valence-corrected chi connectivity index (χ3v) is 2.53. The van der Waals surface area contributed by atoms with Gasteiger partial charge in [0, 0.05) is 23.8 Å². The lowest BCUT2D eigenvalue weighted by Crippen LogP contribution is -2.50. The Kier molecular flexibility index (Phi) is 7.32. The van der Waals surface area contributed by atoms with Gasteiger partial charge >= 0.3 is 0 Å². The van der Waals surface area contributed by atoms with Crippen molar-refractivity contribution in [1.29, 1.82) is 0 Å².